The highest BCUT2D eigenvalue weighted by Gasteiger charge is 2.03. The maximum absolute atomic E-state index is 4.21. The molecule has 0 atom stereocenters. The van der Waals surface area contributed by atoms with E-state index in [0.717, 1.165) is 29.8 Å². The Bertz CT molecular complexity index is 441. The fourth-order valence-corrected chi connectivity index (χ4v) is 1.98. The van der Waals surface area contributed by atoms with Gasteiger partial charge in [-0.2, -0.15) is 16.9 Å². The molecule has 0 saturated heterocycles. The summed E-state index contributed by atoms with van der Waals surface area (Å²) < 4.78 is 0. The van der Waals surface area contributed by atoms with Crippen LogP contribution in [0, 0.1) is 0 Å². The molecule has 6 heteroatoms. The summed E-state index contributed by atoms with van der Waals surface area (Å²) in [5.74, 6) is 2.08. The molecule has 0 spiro atoms. The number of H-pyrrole nitrogens is 1. The first-order chi connectivity index (χ1) is 7.92. The monoisotopic (exact) mass is 237 g/mol. The minimum atomic E-state index is 0.779. The van der Waals surface area contributed by atoms with Crippen LogP contribution in [0.4, 0.5) is 5.82 Å². The molecule has 2 aromatic rings. The zero-order chi connectivity index (χ0) is 11.2. The van der Waals surface area contributed by atoms with Gasteiger partial charge in [0.15, 0.2) is 5.65 Å². The fourth-order valence-electron chi connectivity index (χ4n) is 1.48. The lowest BCUT2D eigenvalue weighted by Gasteiger charge is -2.05. The van der Waals surface area contributed by atoms with E-state index < -0.39 is 0 Å². The Morgan fingerprint density at radius 3 is 3.19 bits per heavy atom. The SMILES string of the molecule is CSCCCCNc1ncnc2[nH]ncc12. The van der Waals surface area contributed by atoms with Crippen LogP contribution in [0.25, 0.3) is 11.0 Å². The highest BCUT2D eigenvalue weighted by molar-refractivity contribution is 7.98. The van der Waals surface area contributed by atoms with Crippen molar-refractivity contribution in [2.24, 2.45) is 0 Å². The summed E-state index contributed by atoms with van der Waals surface area (Å²) in [7, 11) is 0. The average molecular weight is 237 g/mol. The zero-order valence-corrected chi connectivity index (χ0v) is 10.0. The number of nitrogens with zero attached hydrogens (tertiary/aromatic N) is 3. The summed E-state index contributed by atoms with van der Waals surface area (Å²) >= 11 is 1.88. The summed E-state index contributed by atoms with van der Waals surface area (Å²) in [6.45, 7) is 0.942. The molecule has 16 heavy (non-hydrogen) atoms. The number of anilines is 1. The largest absolute Gasteiger partial charge is 0.369 e. The number of unbranched alkanes of at least 4 members (excludes halogenated alkanes) is 1. The van der Waals surface area contributed by atoms with E-state index in [1.165, 1.54) is 12.2 Å². The van der Waals surface area contributed by atoms with Crippen molar-refractivity contribution in [3.63, 3.8) is 0 Å². The highest BCUT2D eigenvalue weighted by Crippen LogP contribution is 2.15. The molecule has 0 fully saturated rings. The zero-order valence-electron chi connectivity index (χ0n) is 9.23. The molecule has 0 aliphatic carbocycles. The van der Waals surface area contributed by atoms with E-state index in [4.69, 9.17) is 0 Å². The van der Waals surface area contributed by atoms with Gasteiger partial charge in [0.05, 0.1) is 11.6 Å². The second kappa shape index (κ2) is 5.69. The van der Waals surface area contributed by atoms with Crippen molar-refractivity contribution in [1.29, 1.82) is 0 Å². The van der Waals surface area contributed by atoms with Gasteiger partial charge >= 0.3 is 0 Å². The Balaban J connectivity index is 1.91. The standard InChI is InChI=1S/C10H15N5S/c1-16-5-3-2-4-11-9-8-6-14-15-10(8)13-7-12-9/h6-7H,2-5H2,1H3,(H2,11,12,13,14,15). The predicted molar refractivity (Wildman–Crippen MR) is 67.8 cm³/mol. The van der Waals surface area contributed by atoms with Gasteiger partial charge in [-0.25, -0.2) is 9.97 Å². The number of aromatic amines is 1. The summed E-state index contributed by atoms with van der Waals surface area (Å²) in [6, 6.07) is 0. The Morgan fingerprint density at radius 1 is 1.38 bits per heavy atom. The molecule has 86 valence electrons. The first-order valence-corrected chi connectivity index (χ1v) is 6.68. The molecule has 2 rings (SSSR count). The van der Waals surface area contributed by atoms with Crippen molar-refractivity contribution < 1.29 is 0 Å². The van der Waals surface area contributed by atoms with Crippen LogP contribution in [0.3, 0.4) is 0 Å². The van der Waals surface area contributed by atoms with Gasteiger partial charge in [-0.1, -0.05) is 0 Å². The summed E-state index contributed by atoms with van der Waals surface area (Å²) in [4.78, 5) is 8.30. The minimum absolute atomic E-state index is 0.779. The third-order valence-electron chi connectivity index (χ3n) is 2.32. The third kappa shape index (κ3) is 2.63. The van der Waals surface area contributed by atoms with Crippen molar-refractivity contribution >= 4 is 28.6 Å². The van der Waals surface area contributed by atoms with Gasteiger partial charge in [0.2, 0.25) is 0 Å². The molecule has 0 unspecified atom stereocenters. The van der Waals surface area contributed by atoms with E-state index in [9.17, 15) is 0 Å². The van der Waals surface area contributed by atoms with Gasteiger partial charge in [-0.3, -0.25) is 5.10 Å². The van der Waals surface area contributed by atoms with Crippen molar-refractivity contribution in [3.05, 3.63) is 12.5 Å². The Morgan fingerprint density at radius 2 is 2.31 bits per heavy atom. The highest BCUT2D eigenvalue weighted by atomic mass is 32.2. The first kappa shape index (κ1) is 11.2. The van der Waals surface area contributed by atoms with Crippen LogP contribution in [0.15, 0.2) is 12.5 Å². The van der Waals surface area contributed by atoms with Crippen molar-refractivity contribution in [3.8, 4) is 0 Å². The van der Waals surface area contributed by atoms with E-state index >= 15 is 0 Å². The lowest BCUT2D eigenvalue weighted by atomic mass is 10.3. The maximum Gasteiger partial charge on any atom is 0.160 e. The minimum Gasteiger partial charge on any atom is -0.369 e. The number of thioether (sulfide) groups is 1. The summed E-state index contributed by atoms with van der Waals surface area (Å²) in [5.41, 5.74) is 0.779. The molecule has 0 saturated carbocycles. The fraction of sp³-hybridized carbons (Fsp3) is 0.500. The topological polar surface area (TPSA) is 66.5 Å². The smallest absolute Gasteiger partial charge is 0.160 e. The first-order valence-electron chi connectivity index (χ1n) is 5.28. The van der Waals surface area contributed by atoms with Gasteiger partial charge in [-0.05, 0) is 24.9 Å². The van der Waals surface area contributed by atoms with E-state index in [0.29, 0.717) is 0 Å². The van der Waals surface area contributed by atoms with E-state index in [1.807, 2.05) is 11.8 Å². The molecule has 0 radical (unpaired) electrons. The van der Waals surface area contributed by atoms with Crippen LogP contribution >= 0.6 is 11.8 Å². The number of nitrogens with one attached hydrogen (secondary N) is 2. The Labute approximate surface area is 98.4 Å². The van der Waals surface area contributed by atoms with E-state index in [-0.39, 0.29) is 0 Å². The van der Waals surface area contributed by atoms with Crippen LogP contribution in [0.2, 0.25) is 0 Å². The van der Waals surface area contributed by atoms with Crippen LogP contribution < -0.4 is 5.32 Å². The van der Waals surface area contributed by atoms with Gasteiger partial charge in [0.1, 0.15) is 12.1 Å². The van der Waals surface area contributed by atoms with Gasteiger partial charge in [0.25, 0.3) is 0 Å². The number of aromatic nitrogens is 4. The lowest BCUT2D eigenvalue weighted by Crippen LogP contribution is -2.04. The Hall–Kier alpha value is -1.30. The molecule has 0 aliphatic rings. The Kier molecular flexibility index (Phi) is 3.98. The number of rotatable bonds is 6. The number of hydrogen-bond donors (Lipinski definition) is 2. The van der Waals surface area contributed by atoms with Crippen molar-refractivity contribution in [2.75, 3.05) is 23.9 Å². The van der Waals surface area contributed by atoms with E-state index in [1.54, 1.807) is 12.5 Å². The quantitative estimate of drug-likeness (QED) is 0.751. The molecule has 2 heterocycles. The second-order valence-corrected chi connectivity index (χ2v) is 4.47. The van der Waals surface area contributed by atoms with Crippen LogP contribution in [-0.4, -0.2) is 38.7 Å². The molecule has 2 aromatic heterocycles. The molecular weight excluding hydrogens is 222 g/mol. The molecular formula is C10H15N5S. The average Bonchev–Trinajstić information content (AvgIpc) is 2.77. The molecule has 2 N–H and O–H groups in total. The lowest BCUT2D eigenvalue weighted by molar-refractivity contribution is 0.840. The molecule has 5 nitrogen and oxygen atoms in total. The molecule has 0 aliphatic heterocycles. The van der Waals surface area contributed by atoms with Crippen LogP contribution in [0.1, 0.15) is 12.8 Å². The van der Waals surface area contributed by atoms with Crippen LogP contribution in [-0.2, 0) is 0 Å². The molecule has 0 amide bonds. The van der Waals surface area contributed by atoms with Crippen molar-refractivity contribution in [1.82, 2.24) is 20.2 Å². The van der Waals surface area contributed by atoms with Crippen molar-refractivity contribution in [2.45, 2.75) is 12.8 Å². The third-order valence-corrected chi connectivity index (χ3v) is 3.01. The normalized spacial score (nSPS) is 10.8. The van der Waals surface area contributed by atoms with E-state index in [2.05, 4.69) is 31.7 Å². The van der Waals surface area contributed by atoms with Gasteiger partial charge < -0.3 is 5.32 Å². The van der Waals surface area contributed by atoms with Gasteiger partial charge in [0, 0.05) is 6.54 Å². The summed E-state index contributed by atoms with van der Waals surface area (Å²) in [6.07, 6.45) is 7.81. The summed E-state index contributed by atoms with van der Waals surface area (Å²) in [5, 5.41) is 11.0. The molecule has 0 aromatic carbocycles. The maximum atomic E-state index is 4.21. The second-order valence-electron chi connectivity index (χ2n) is 3.48. The number of hydrogen-bond acceptors (Lipinski definition) is 5. The predicted octanol–water partition coefficient (Wildman–Crippen LogP) is 1.91. The molecule has 0 bridgehead atoms. The van der Waals surface area contributed by atoms with Gasteiger partial charge in [-0.15, -0.1) is 0 Å². The number of fused-ring (bicyclic) bond motifs is 1. The van der Waals surface area contributed by atoms with Crippen LogP contribution in [0.5, 0.6) is 0 Å².